The molecule has 0 aliphatic carbocycles. The van der Waals surface area contributed by atoms with E-state index in [1.165, 1.54) is 12.1 Å². The Kier molecular flexibility index (Phi) is 5.23. The molecule has 0 aliphatic rings. The second kappa shape index (κ2) is 6.21. The van der Waals surface area contributed by atoms with Crippen LogP contribution < -0.4 is 5.32 Å². The van der Waals surface area contributed by atoms with Crippen LogP contribution in [0.4, 0.5) is 4.39 Å². The van der Waals surface area contributed by atoms with Gasteiger partial charge in [0.25, 0.3) is 0 Å². The Labute approximate surface area is 102 Å². The van der Waals surface area contributed by atoms with Crippen molar-refractivity contribution < 1.29 is 4.39 Å². The molecule has 0 amide bonds. The second-order valence-corrected chi connectivity index (χ2v) is 4.86. The van der Waals surface area contributed by atoms with Crippen LogP contribution in [0.2, 0.25) is 5.02 Å². The zero-order chi connectivity index (χ0) is 12.1. The highest BCUT2D eigenvalue weighted by Crippen LogP contribution is 2.23. The smallest absolute Gasteiger partial charge is 0.123 e. The van der Waals surface area contributed by atoms with Gasteiger partial charge in [-0.2, -0.15) is 0 Å². The lowest BCUT2D eigenvalue weighted by atomic mass is 9.89. The second-order valence-electron chi connectivity index (χ2n) is 4.45. The van der Waals surface area contributed by atoms with Crippen LogP contribution in [0.5, 0.6) is 0 Å². The fourth-order valence-corrected chi connectivity index (χ4v) is 1.97. The standard InChI is InChI=1S/C13H19ClFN/c1-9(10(2)8-16-3)6-11-7-12(15)4-5-13(11)14/h4-5,7,9-10,16H,6,8H2,1-3H3. The fourth-order valence-electron chi connectivity index (χ4n) is 1.77. The largest absolute Gasteiger partial charge is 0.319 e. The minimum absolute atomic E-state index is 0.215. The van der Waals surface area contributed by atoms with E-state index in [9.17, 15) is 4.39 Å². The molecule has 1 rings (SSSR count). The highest BCUT2D eigenvalue weighted by Gasteiger charge is 2.14. The van der Waals surface area contributed by atoms with Gasteiger partial charge in [-0.05, 0) is 55.6 Å². The number of nitrogens with one attached hydrogen (secondary N) is 1. The molecule has 16 heavy (non-hydrogen) atoms. The number of hydrogen-bond donors (Lipinski definition) is 1. The highest BCUT2D eigenvalue weighted by molar-refractivity contribution is 6.31. The van der Waals surface area contributed by atoms with Crippen molar-refractivity contribution in [3.63, 3.8) is 0 Å². The molecule has 0 heterocycles. The Balaban J connectivity index is 2.68. The Morgan fingerprint density at radius 3 is 2.62 bits per heavy atom. The lowest BCUT2D eigenvalue weighted by Gasteiger charge is -2.20. The first-order valence-corrected chi connectivity index (χ1v) is 6.01. The van der Waals surface area contributed by atoms with Crippen LogP contribution in [0, 0.1) is 17.7 Å². The molecule has 1 aromatic carbocycles. The van der Waals surface area contributed by atoms with Gasteiger partial charge >= 0.3 is 0 Å². The van der Waals surface area contributed by atoms with Gasteiger partial charge in [-0.15, -0.1) is 0 Å². The van der Waals surface area contributed by atoms with Gasteiger partial charge in [-0.25, -0.2) is 4.39 Å². The Hall–Kier alpha value is -0.600. The average Bonchev–Trinajstić information content (AvgIpc) is 2.23. The highest BCUT2D eigenvalue weighted by atomic mass is 35.5. The minimum Gasteiger partial charge on any atom is -0.319 e. The van der Waals surface area contributed by atoms with E-state index in [1.54, 1.807) is 6.07 Å². The van der Waals surface area contributed by atoms with Gasteiger partial charge in [0.1, 0.15) is 5.82 Å². The molecule has 2 atom stereocenters. The van der Waals surface area contributed by atoms with E-state index in [4.69, 9.17) is 11.6 Å². The van der Waals surface area contributed by atoms with Gasteiger partial charge in [-0.1, -0.05) is 25.4 Å². The summed E-state index contributed by atoms with van der Waals surface area (Å²) < 4.78 is 13.1. The molecule has 1 aromatic rings. The monoisotopic (exact) mass is 243 g/mol. The summed E-state index contributed by atoms with van der Waals surface area (Å²) in [4.78, 5) is 0. The van der Waals surface area contributed by atoms with Crippen molar-refractivity contribution in [2.24, 2.45) is 11.8 Å². The molecule has 0 saturated carbocycles. The maximum absolute atomic E-state index is 13.1. The fraction of sp³-hybridized carbons (Fsp3) is 0.538. The van der Waals surface area contributed by atoms with E-state index in [0.717, 1.165) is 18.5 Å². The summed E-state index contributed by atoms with van der Waals surface area (Å²) in [6.07, 6.45) is 0.819. The SMILES string of the molecule is CNCC(C)C(C)Cc1cc(F)ccc1Cl. The zero-order valence-corrected chi connectivity index (χ0v) is 10.8. The van der Waals surface area contributed by atoms with E-state index >= 15 is 0 Å². The Morgan fingerprint density at radius 1 is 1.31 bits per heavy atom. The van der Waals surface area contributed by atoms with Crippen LogP contribution >= 0.6 is 11.6 Å². The summed E-state index contributed by atoms with van der Waals surface area (Å²) in [7, 11) is 1.94. The van der Waals surface area contributed by atoms with Crippen LogP contribution in [0.1, 0.15) is 19.4 Å². The van der Waals surface area contributed by atoms with Crippen molar-refractivity contribution in [1.82, 2.24) is 5.32 Å². The summed E-state index contributed by atoms with van der Waals surface area (Å²) in [6, 6.07) is 4.56. The van der Waals surface area contributed by atoms with Gasteiger partial charge in [0.15, 0.2) is 0 Å². The molecule has 1 nitrogen and oxygen atoms in total. The average molecular weight is 244 g/mol. The van der Waals surface area contributed by atoms with Crippen LogP contribution in [-0.4, -0.2) is 13.6 Å². The molecular weight excluding hydrogens is 225 g/mol. The molecule has 0 aliphatic heterocycles. The van der Waals surface area contributed by atoms with E-state index in [2.05, 4.69) is 19.2 Å². The van der Waals surface area contributed by atoms with Crippen LogP contribution in [0.3, 0.4) is 0 Å². The van der Waals surface area contributed by atoms with Gasteiger partial charge in [0.05, 0.1) is 0 Å². The summed E-state index contributed by atoms with van der Waals surface area (Å²) in [5, 5.41) is 3.81. The van der Waals surface area contributed by atoms with Gasteiger partial charge in [0.2, 0.25) is 0 Å². The van der Waals surface area contributed by atoms with Gasteiger partial charge in [-0.3, -0.25) is 0 Å². The molecule has 0 saturated heterocycles. The van der Waals surface area contributed by atoms with E-state index in [-0.39, 0.29) is 5.82 Å². The number of hydrogen-bond acceptors (Lipinski definition) is 1. The third-order valence-corrected chi connectivity index (χ3v) is 3.42. The minimum atomic E-state index is -0.215. The van der Waals surface area contributed by atoms with E-state index in [0.29, 0.717) is 16.9 Å². The van der Waals surface area contributed by atoms with Crippen molar-refractivity contribution >= 4 is 11.6 Å². The molecule has 90 valence electrons. The molecular formula is C13H19ClFN. The van der Waals surface area contributed by atoms with Crippen molar-refractivity contribution in [1.29, 1.82) is 0 Å². The van der Waals surface area contributed by atoms with E-state index < -0.39 is 0 Å². The lowest BCUT2D eigenvalue weighted by molar-refractivity contribution is 0.374. The number of halogens is 2. The normalized spacial score (nSPS) is 14.8. The Bertz CT molecular complexity index is 341. The van der Waals surface area contributed by atoms with Gasteiger partial charge in [0, 0.05) is 5.02 Å². The predicted octanol–water partition coefficient (Wildman–Crippen LogP) is 3.51. The Morgan fingerprint density at radius 2 is 2.00 bits per heavy atom. The van der Waals surface area contributed by atoms with E-state index in [1.807, 2.05) is 7.05 Å². The van der Waals surface area contributed by atoms with Gasteiger partial charge < -0.3 is 5.32 Å². The van der Waals surface area contributed by atoms with Crippen molar-refractivity contribution in [3.8, 4) is 0 Å². The maximum Gasteiger partial charge on any atom is 0.123 e. The third-order valence-electron chi connectivity index (χ3n) is 3.05. The summed E-state index contributed by atoms with van der Waals surface area (Å²) in [6.45, 7) is 5.33. The molecule has 2 unspecified atom stereocenters. The zero-order valence-electron chi connectivity index (χ0n) is 10.1. The number of rotatable bonds is 5. The molecule has 0 aromatic heterocycles. The molecule has 3 heteroatoms. The molecule has 0 spiro atoms. The van der Waals surface area contributed by atoms with Crippen LogP contribution in [0.15, 0.2) is 18.2 Å². The first kappa shape index (κ1) is 13.5. The van der Waals surface area contributed by atoms with Crippen molar-refractivity contribution in [2.45, 2.75) is 20.3 Å². The quantitative estimate of drug-likeness (QED) is 0.835. The topological polar surface area (TPSA) is 12.0 Å². The number of benzene rings is 1. The van der Waals surface area contributed by atoms with Crippen LogP contribution in [0.25, 0.3) is 0 Å². The van der Waals surface area contributed by atoms with Crippen molar-refractivity contribution in [3.05, 3.63) is 34.6 Å². The summed E-state index contributed by atoms with van der Waals surface area (Å²) >= 11 is 6.04. The van der Waals surface area contributed by atoms with Crippen LogP contribution in [-0.2, 0) is 6.42 Å². The first-order chi connectivity index (χ1) is 7.54. The third kappa shape index (κ3) is 3.76. The lowest BCUT2D eigenvalue weighted by Crippen LogP contribution is -2.23. The molecule has 0 bridgehead atoms. The molecule has 0 radical (unpaired) electrons. The summed E-state index contributed by atoms with van der Waals surface area (Å²) in [5.74, 6) is 0.809. The maximum atomic E-state index is 13.1. The molecule has 0 fully saturated rings. The summed E-state index contributed by atoms with van der Waals surface area (Å²) in [5.41, 5.74) is 0.900. The molecule has 1 N–H and O–H groups in total. The first-order valence-electron chi connectivity index (χ1n) is 5.63. The van der Waals surface area contributed by atoms with Crippen molar-refractivity contribution in [2.75, 3.05) is 13.6 Å². The predicted molar refractivity (Wildman–Crippen MR) is 67.4 cm³/mol.